The van der Waals surface area contributed by atoms with Crippen LogP contribution in [-0.2, 0) is 10.8 Å². The lowest BCUT2D eigenvalue weighted by Gasteiger charge is -2.26. The van der Waals surface area contributed by atoms with Crippen molar-refractivity contribution >= 4 is 0 Å². The molecule has 0 unspecified atom stereocenters. The molecule has 1 aliphatic carbocycles. The van der Waals surface area contributed by atoms with Crippen molar-refractivity contribution in [2.45, 2.75) is 51.4 Å². The molecule has 0 saturated heterocycles. The Balaban J connectivity index is 2.60. The van der Waals surface area contributed by atoms with Crippen molar-refractivity contribution in [3.8, 4) is 5.88 Å². The fourth-order valence-corrected chi connectivity index (χ4v) is 2.08. The summed E-state index contributed by atoms with van der Waals surface area (Å²) in [4.78, 5) is 8.73. The van der Waals surface area contributed by atoms with Gasteiger partial charge in [-0.2, -0.15) is 0 Å². The minimum absolute atomic E-state index is 0.0214. The third kappa shape index (κ3) is 1.79. The summed E-state index contributed by atoms with van der Waals surface area (Å²) in [7, 11) is 1.68. The van der Waals surface area contributed by atoms with Crippen LogP contribution in [0.1, 0.15) is 51.8 Å². The number of aromatic nitrogens is 2. The van der Waals surface area contributed by atoms with Crippen molar-refractivity contribution in [1.29, 1.82) is 0 Å². The van der Waals surface area contributed by atoms with Crippen LogP contribution >= 0.6 is 0 Å². The van der Waals surface area contributed by atoms with E-state index >= 15 is 0 Å². The molecule has 1 aromatic rings. The van der Waals surface area contributed by atoms with Crippen LogP contribution in [0.15, 0.2) is 6.33 Å². The van der Waals surface area contributed by atoms with Gasteiger partial charge < -0.3 is 4.74 Å². The normalized spacial score (nSPS) is 18.3. The molecule has 2 rings (SSSR count). The average Bonchev–Trinajstić information content (AvgIpc) is 2.95. The van der Waals surface area contributed by atoms with Crippen LogP contribution in [0.25, 0.3) is 0 Å². The second-order valence-electron chi connectivity index (χ2n) is 5.92. The van der Waals surface area contributed by atoms with Crippen molar-refractivity contribution in [3.05, 3.63) is 17.6 Å². The molecule has 0 bridgehead atoms. The first-order valence-electron chi connectivity index (χ1n) is 5.78. The van der Waals surface area contributed by atoms with Crippen molar-refractivity contribution in [2.24, 2.45) is 0 Å². The van der Waals surface area contributed by atoms with Gasteiger partial charge in [0.2, 0.25) is 5.88 Å². The van der Waals surface area contributed by atoms with Gasteiger partial charge in [0.05, 0.1) is 12.8 Å². The van der Waals surface area contributed by atoms with E-state index in [0.717, 1.165) is 11.4 Å². The van der Waals surface area contributed by atoms with Crippen LogP contribution in [0.3, 0.4) is 0 Å². The number of nitrogens with zero attached hydrogens (tertiary/aromatic N) is 2. The third-order valence-electron chi connectivity index (χ3n) is 3.33. The van der Waals surface area contributed by atoms with E-state index in [9.17, 15) is 0 Å². The van der Waals surface area contributed by atoms with Gasteiger partial charge in [0.1, 0.15) is 6.33 Å². The summed E-state index contributed by atoms with van der Waals surface area (Å²) in [6.07, 6.45) is 4.06. The predicted octanol–water partition coefficient (Wildman–Crippen LogP) is 2.83. The smallest absolute Gasteiger partial charge is 0.220 e. The number of rotatable bonds is 2. The summed E-state index contributed by atoms with van der Waals surface area (Å²) in [5.74, 6) is 0.727. The topological polar surface area (TPSA) is 35.0 Å². The van der Waals surface area contributed by atoms with E-state index in [1.807, 2.05) is 0 Å². The van der Waals surface area contributed by atoms with Crippen LogP contribution in [0.2, 0.25) is 0 Å². The Morgan fingerprint density at radius 2 is 1.88 bits per heavy atom. The zero-order chi connectivity index (χ0) is 12.0. The monoisotopic (exact) mass is 220 g/mol. The highest BCUT2D eigenvalue weighted by atomic mass is 16.5. The van der Waals surface area contributed by atoms with Crippen molar-refractivity contribution in [3.63, 3.8) is 0 Å². The van der Waals surface area contributed by atoms with E-state index in [2.05, 4.69) is 37.7 Å². The largest absolute Gasteiger partial charge is 0.481 e. The molecule has 3 heteroatoms. The minimum Gasteiger partial charge on any atom is -0.481 e. The Labute approximate surface area is 97.3 Å². The lowest BCUT2D eigenvalue weighted by molar-refractivity contribution is 0.375. The van der Waals surface area contributed by atoms with Crippen molar-refractivity contribution in [2.75, 3.05) is 7.11 Å². The van der Waals surface area contributed by atoms with Gasteiger partial charge in [-0.15, -0.1) is 0 Å². The molecule has 1 aromatic heterocycles. The maximum Gasteiger partial charge on any atom is 0.220 e. The molecule has 16 heavy (non-hydrogen) atoms. The molecule has 1 fully saturated rings. The quantitative estimate of drug-likeness (QED) is 0.768. The van der Waals surface area contributed by atoms with Gasteiger partial charge in [0.25, 0.3) is 0 Å². The first kappa shape index (κ1) is 11.4. The van der Waals surface area contributed by atoms with E-state index in [-0.39, 0.29) is 10.8 Å². The second-order valence-corrected chi connectivity index (χ2v) is 5.92. The molecule has 1 aliphatic rings. The number of hydrogen-bond donors (Lipinski definition) is 0. The molecule has 0 spiro atoms. The SMILES string of the molecule is COc1ncnc(C2(C)CC2)c1C(C)(C)C. The fourth-order valence-electron chi connectivity index (χ4n) is 2.08. The molecule has 88 valence electrons. The molecular weight excluding hydrogens is 200 g/mol. The predicted molar refractivity (Wildman–Crippen MR) is 63.9 cm³/mol. The van der Waals surface area contributed by atoms with Crippen LogP contribution in [0.4, 0.5) is 0 Å². The van der Waals surface area contributed by atoms with Gasteiger partial charge in [0.15, 0.2) is 0 Å². The molecule has 3 nitrogen and oxygen atoms in total. The Kier molecular flexibility index (Phi) is 2.44. The van der Waals surface area contributed by atoms with Crippen molar-refractivity contribution in [1.82, 2.24) is 9.97 Å². The van der Waals surface area contributed by atoms with Gasteiger partial charge in [-0.1, -0.05) is 27.7 Å². The standard InChI is InChI=1S/C13H20N2O/c1-12(2,3)9-10(13(4)6-7-13)14-8-15-11(9)16-5/h8H,6-7H2,1-5H3. The summed E-state index contributed by atoms with van der Waals surface area (Å²) >= 11 is 0. The Morgan fingerprint density at radius 1 is 1.25 bits per heavy atom. The fraction of sp³-hybridized carbons (Fsp3) is 0.692. The zero-order valence-corrected chi connectivity index (χ0v) is 10.8. The first-order valence-corrected chi connectivity index (χ1v) is 5.78. The van der Waals surface area contributed by atoms with Gasteiger partial charge in [-0.25, -0.2) is 9.97 Å². The molecule has 0 aliphatic heterocycles. The molecule has 0 N–H and O–H groups in total. The van der Waals surface area contributed by atoms with E-state index in [1.54, 1.807) is 13.4 Å². The molecule has 1 saturated carbocycles. The second kappa shape index (κ2) is 3.44. The Morgan fingerprint density at radius 3 is 2.31 bits per heavy atom. The highest BCUT2D eigenvalue weighted by Crippen LogP contribution is 2.50. The minimum atomic E-state index is 0.0214. The van der Waals surface area contributed by atoms with Crippen LogP contribution in [0, 0.1) is 0 Å². The molecule has 0 atom stereocenters. The highest BCUT2D eigenvalue weighted by Gasteiger charge is 2.44. The van der Waals surface area contributed by atoms with E-state index in [0.29, 0.717) is 0 Å². The van der Waals surface area contributed by atoms with Crippen LogP contribution in [-0.4, -0.2) is 17.1 Å². The van der Waals surface area contributed by atoms with Gasteiger partial charge >= 0.3 is 0 Å². The first-order chi connectivity index (χ1) is 7.38. The third-order valence-corrected chi connectivity index (χ3v) is 3.33. The maximum atomic E-state index is 5.38. The molecule has 0 radical (unpaired) electrons. The summed E-state index contributed by atoms with van der Waals surface area (Å²) in [6.45, 7) is 8.82. The van der Waals surface area contributed by atoms with Gasteiger partial charge in [0, 0.05) is 11.0 Å². The summed E-state index contributed by atoms with van der Waals surface area (Å²) in [6, 6.07) is 0. The number of ether oxygens (including phenoxy) is 1. The number of hydrogen-bond acceptors (Lipinski definition) is 3. The van der Waals surface area contributed by atoms with Gasteiger partial charge in [-0.3, -0.25) is 0 Å². The highest BCUT2D eigenvalue weighted by molar-refractivity contribution is 5.42. The summed E-state index contributed by atoms with van der Waals surface area (Å²) in [5, 5.41) is 0. The Hall–Kier alpha value is -1.12. The van der Waals surface area contributed by atoms with Crippen molar-refractivity contribution < 1.29 is 4.74 Å². The van der Waals surface area contributed by atoms with E-state index < -0.39 is 0 Å². The lowest BCUT2D eigenvalue weighted by atomic mass is 9.82. The zero-order valence-electron chi connectivity index (χ0n) is 10.8. The van der Waals surface area contributed by atoms with Crippen LogP contribution in [0.5, 0.6) is 5.88 Å². The van der Waals surface area contributed by atoms with E-state index in [1.165, 1.54) is 18.5 Å². The molecule has 0 aromatic carbocycles. The lowest BCUT2D eigenvalue weighted by Crippen LogP contribution is -2.21. The Bertz CT molecular complexity index is 403. The summed E-state index contributed by atoms with van der Waals surface area (Å²) < 4.78 is 5.38. The molecule has 1 heterocycles. The van der Waals surface area contributed by atoms with E-state index in [4.69, 9.17) is 4.74 Å². The maximum absolute atomic E-state index is 5.38. The average molecular weight is 220 g/mol. The molecular formula is C13H20N2O. The van der Waals surface area contributed by atoms with Gasteiger partial charge in [-0.05, 0) is 18.3 Å². The molecule has 0 amide bonds. The summed E-state index contributed by atoms with van der Waals surface area (Å²) in [5.41, 5.74) is 2.61. The van der Waals surface area contributed by atoms with Crippen LogP contribution < -0.4 is 4.74 Å². The number of methoxy groups -OCH3 is 1.